The van der Waals surface area contributed by atoms with Crippen LogP contribution in [0.4, 0.5) is 0 Å². The molecule has 0 atom stereocenters. The first kappa shape index (κ1) is 11.5. The largest absolute Gasteiger partial charge is 0.285 e. The molecular weight excluding hydrogens is 190 g/mol. The van der Waals surface area contributed by atoms with Crippen molar-refractivity contribution in [2.24, 2.45) is 0 Å². The van der Waals surface area contributed by atoms with Crippen LogP contribution in [0.15, 0.2) is 43.0 Å². The van der Waals surface area contributed by atoms with Crippen molar-refractivity contribution in [2.75, 3.05) is 0 Å². The fourth-order valence-electron chi connectivity index (χ4n) is 1.05. The Kier molecular flexibility index (Phi) is 3.27. The third-order valence-corrected chi connectivity index (χ3v) is 2.26. The molecule has 15 heavy (non-hydrogen) atoms. The number of hydrogen-bond donors (Lipinski definition) is 1. The summed E-state index contributed by atoms with van der Waals surface area (Å²) >= 11 is 0. The Morgan fingerprint density at radius 3 is 2.40 bits per heavy atom. The SMILES string of the molecule is C=CC(C)(C)N(O)C(=O)c1ccccc1. The van der Waals surface area contributed by atoms with Gasteiger partial charge in [-0.05, 0) is 26.0 Å². The van der Waals surface area contributed by atoms with E-state index in [0.29, 0.717) is 10.6 Å². The number of hydrogen-bond acceptors (Lipinski definition) is 2. The Balaban J connectivity index is 2.92. The summed E-state index contributed by atoms with van der Waals surface area (Å²) in [5, 5.41) is 10.4. The average molecular weight is 205 g/mol. The quantitative estimate of drug-likeness (QED) is 0.468. The van der Waals surface area contributed by atoms with Crippen molar-refractivity contribution in [1.29, 1.82) is 0 Å². The second-order valence-corrected chi connectivity index (χ2v) is 3.84. The fourth-order valence-corrected chi connectivity index (χ4v) is 1.05. The van der Waals surface area contributed by atoms with Gasteiger partial charge in [0.05, 0.1) is 5.54 Å². The normalized spacial score (nSPS) is 10.9. The first-order valence-electron chi connectivity index (χ1n) is 4.71. The summed E-state index contributed by atoms with van der Waals surface area (Å²) < 4.78 is 0. The summed E-state index contributed by atoms with van der Waals surface area (Å²) in [7, 11) is 0. The highest BCUT2D eigenvalue weighted by molar-refractivity contribution is 5.93. The Labute approximate surface area is 89.6 Å². The molecule has 3 heteroatoms. The zero-order valence-corrected chi connectivity index (χ0v) is 8.97. The van der Waals surface area contributed by atoms with Gasteiger partial charge in [0.25, 0.3) is 5.91 Å². The monoisotopic (exact) mass is 205 g/mol. The van der Waals surface area contributed by atoms with Gasteiger partial charge in [-0.25, -0.2) is 5.06 Å². The van der Waals surface area contributed by atoms with Crippen LogP contribution in [-0.4, -0.2) is 21.7 Å². The summed E-state index contributed by atoms with van der Waals surface area (Å²) in [4.78, 5) is 11.8. The molecule has 0 unspecified atom stereocenters. The number of hydroxylamine groups is 2. The predicted octanol–water partition coefficient (Wildman–Crippen LogP) is 2.48. The van der Waals surface area contributed by atoms with Crippen molar-refractivity contribution < 1.29 is 10.0 Å². The number of rotatable bonds is 3. The van der Waals surface area contributed by atoms with E-state index in [1.54, 1.807) is 38.1 Å². The van der Waals surface area contributed by atoms with Crippen LogP contribution in [0.25, 0.3) is 0 Å². The first-order chi connectivity index (χ1) is 6.99. The highest BCUT2D eigenvalue weighted by atomic mass is 16.5. The maximum Gasteiger partial charge on any atom is 0.278 e. The minimum Gasteiger partial charge on any atom is -0.285 e. The average Bonchev–Trinajstić information content (AvgIpc) is 2.28. The van der Waals surface area contributed by atoms with E-state index in [1.165, 1.54) is 6.08 Å². The van der Waals surface area contributed by atoms with Gasteiger partial charge >= 0.3 is 0 Å². The van der Waals surface area contributed by atoms with Crippen molar-refractivity contribution in [3.63, 3.8) is 0 Å². The molecule has 0 saturated heterocycles. The van der Waals surface area contributed by atoms with Crippen molar-refractivity contribution in [2.45, 2.75) is 19.4 Å². The molecule has 1 aromatic rings. The Bertz CT molecular complexity index is 357. The topological polar surface area (TPSA) is 40.5 Å². The molecule has 0 saturated carbocycles. The second kappa shape index (κ2) is 4.28. The minimum atomic E-state index is -0.771. The molecule has 80 valence electrons. The summed E-state index contributed by atoms with van der Waals surface area (Å²) in [6.45, 7) is 6.99. The predicted molar refractivity (Wildman–Crippen MR) is 58.7 cm³/mol. The maximum atomic E-state index is 11.8. The molecule has 0 spiro atoms. The summed E-state index contributed by atoms with van der Waals surface area (Å²) in [5.74, 6) is -0.430. The lowest BCUT2D eigenvalue weighted by Crippen LogP contribution is -2.43. The van der Waals surface area contributed by atoms with E-state index in [1.807, 2.05) is 6.07 Å². The minimum absolute atomic E-state index is 0.430. The van der Waals surface area contributed by atoms with Crippen molar-refractivity contribution in [3.05, 3.63) is 48.6 Å². The summed E-state index contributed by atoms with van der Waals surface area (Å²) in [5.41, 5.74) is -0.317. The highest BCUT2D eigenvalue weighted by Crippen LogP contribution is 2.16. The van der Waals surface area contributed by atoms with E-state index in [9.17, 15) is 10.0 Å². The molecule has 0 aliphatic heterocycles. The lowest BCUT2D eigenvalue weighted by atomic mass is 10.0. The lowest BCUT2D eigenvalue weighted by molar-refractivity contribution is -0.104. The van der Waals surface area contributed by atoms with E-state index in [0.717, 1.165) is 0 Å². The number of benzene rings is 1. The molecule has 1 N–H and O–H groups in total. The third kappa shape index (κ3) is 2.44. The van der Waals surface area contributed by atoms with Crippen LogP contribution < -0.4 is 0 Å². The number of nitrogens with zero attached hydrogens (tertiary/aromatic N) is 1. The number of carbonyl (C=O) groups is 1. The van der Waals surface area contributed by atoms with Gasteiger partial charge in [0.15, 0.2) is 0 Å². The molecule has 0 bridgehead atoms. The lowest BCUT2D eigenvalue weighted by Gasteiger charge is -2.30. The van der Waals surface area contributed by atoms with Crippen LogP contribution in [0.2, 0.25) is 0 Å². The zero-order chi connectivity index (χ0) is 11.5. The van der Waals surface area contributed by atoms with E-state index in [-0.39, 0.29) is 0 Å². The molecule has 0 aliphatic carbocycles. The molecule has 0 fully saturated rings. The molecule has 0 aliphatic rings. The standard InChI is InChI=1S/C12H15NO2/c1-4-12(2,3)13(15)11(14)10-8-6-5-7-9-10/h4-9,15H,1H2,2-3H3. The van der Waals surface area contributed by atoms with Crippen molar-refractivity contribution in [3.8, 4) is 0 Å². The smallest absolute Gasteiger partial charge is 0.278 e. The van der Waals surface area contributed by atoms with E-state index in [2.05, 4.69) is 6.58 Å². The van der Waals surface area contributed by atoms with Gasteiger partial charge in [0.2, 0.25) is 0 Å². The van der Waals surface area contributed by atoms with E-state index in [4.69, 9.17) is 0 Å². The van der Waals surface area contributed by atoms with Gasteiger partial charge in [-0.3, -0.25) is 10.0 Å². The first-order valence-corrected chi connectivity index (χ1v) is 4.71. The van der Waals surface area contributed by atoms with Gasteiger partial charge < -0.3 is 0 Å². The third-order valence-electron chi connectivity index (χ3n) is 2.26. The van der Waals surface area contributed by atoms with E-state index >= 15 is 0 Å². The van der Waals surface area contributed by atoms with Crippen LogP contribution in [0.3, 0.4) is 0 Å². The molecule has 0 aromatic heterocycles. The van der Waals surface area contributed by atoms with Crippen molar-refractivity contribution in [1.82, 2.24) is 5.06 Å². The van der Waals surface area contributed by atoms with Gasteiger partial charge in [-0.2, -0.15) is 0 Å². The van der Waals surface area contributed by atoms with Gasteiger partial charge in [0.1, 0.15) is 0 Å². The summed E-state index contributed by atoms with van der Waals surface area (Å²) in [6.07, 6.45) is 1.52. The van der Waals surface area contributed by atoms with Crippen LogP contribution in [0.5, 0.6) is 0 Å². The van der Waals surface area contributed by atoms with E-state index < -0.39 is 11.4 Å². The molecule has 3 nitrogen and oxygen atoms in total. The molecule has 1 rings (SSSR count). The van der Waals surface area contributed by atoms with Gasteiger partial charge in [-0.1, -0.05) is 24.3 Å². The van der Waals surface area contributed by atoms with Crippen LogP contribution in [0, 0.1) is 0 Å². The van der Waals surface area contributed by atoms with Crippen LogP contribution in [0.1, 0.15) is 24.2 Å². The van der Waals surface area contributed by atoms with Crippen LogP contribution >= 0.6 is 0 Å². The van der Waals surface area contributed by atoms with Gasteiger partial charge in [-0.15, -0.1) is 6.58 Å². The molecule has 1 amide bonds. The van der Waals surface area contributed by atoms with Crippen molar-refractivity contribution >= 4 is 5.91 Å². The van der Waals surface area contributed by atoms with Gasteiger partial charge in [0, 0.05) is 5.56 Å². The fraction of sp³-hybridized carbons (Fsp3) is 0.250. The highest BCUT2D eigenvalue weighted by Gasteiger charge is 2.27. The Hall–Kier alpha value is -1.61. The second-order valence-electron chi connectivity index (χ2n) is 3.84. The van der Waals surface area contributed by atoms with Crippen LogP contribution in [-0.2, 0) is 0 Å². The Morgan fingerprint density at radius 1 is 1.40 bits per heavy atom. The Morgan fingerprint density at radius 2 is 1.93 bits per heavy atom. The molecule has 0 heterocycles. The zero-order valence-electron chi connectivity index (χ0n) is 8.97. The molecule has 0 radical (unpaired) electrons. The molecular formula is C12H15NO2. The number of carbonyl (C=O) groups excluding carboxylic acids is 1. The number of amides is 1. The molecule has 1 aromatic carbocycles. The maximum absolute atomic E-state index is 11.8. The summed E-state index contributed by atoms with van der Waals surface area (Å²) in [6, 6.07) is 8.64.